The van der Waals surface area contributed by atoms with E-state index in [4.69, 9.17) is 0 Å². The fourth-order valence-corrected chi connectivity index (χ4v) is 3.52. The second kappa shape index (κ2) is 8.75. The maximum Gasteiger partial charge on any atom is 0.125 e. The number of aromatic nitrogens is 2. The molecule has 0 radical (unpaired) electrons. The van der Waals surface area contributed by atoms with Crippen molar-refractivity contribution in [3.63, 3.8) is 0 Å². The standard InChI is InChI=1S/C20H30FN5/c1-16(2)20(25-9-7-24(3)8-10-25)14-22-12-17-13-23-26(15-17)19-6-4-5-18(21)11-19/h4-6,11,13,15-16,20,22H,7-10,12,14H2,1-3H3. The number of nitrogens with zero attached hydrogens (tertiary/aromatic N) is 4. The highest BCUT2D eigenvalue weighted by atomic mass is 19.1. The van der Waals surface area contributed by atoms with E-state index >= 15 is 0 Å². The molecule has 0 bridgehead atoms. The van der Waals surface area contributed by atoms with Crippen LogP contribution in [0, 0.1) is 11.7 Å². The highest BCUT2D eigenvalue weighted by Gasteiger charge is 2.24. The third kappa shape index (κ3) is 4.90. The van der Waals surface area contributed by atoms with E-state index in [1.54, 1.807) is 10.7 Å². The number of piperazine rings is 1. The van der Waals surface area contributed by atoms with Crippen molar-refractivity contribution in [2.24, 2.45) is 5.92 Å². The second-order valence-corrected chi connectivity index (χ2v) is 7.55. The predicted octanol–water partition coefficient (Wildman–Crippen LogP) is 2.37. The van der Waals surface area contributed by atoms with Gasteiger partial charge in [0.25, 0.3) is 0 Å². The number of likely N-dealkylation sites (N-methyl/N-ethyl adjacent to an activating group) is 1. The Morgan fingerprint density at radius 1 is 1.19 bits per heavy atom. The minimum atomic E-state index is -0.246. The van der Waals surface area contributed by atoms with Crippen LogP contribution in [0.5, 0.6) is 0 Å². The van der Waals surface area contributed by atoms with Crippen LogP contribution in [0.4, 0.5) is 4.39 Å². The van der Waals surface area contributed by atoms with Crippen LogP contribution in [-0.4, -0.2) is 65.4 Å². The Balaban J connectivity index is 1.53. The normalized spacial score (nSPS) is 17.7. The fourth-order valence-electron chi connectivity index (χ4n) is 3.52. The second-order valence-electron chi connectivity index (χ2n) is 7.55. The van der Waals surface area contributed by atoms with Gasteiger partial charge in [0.15, 0.2) is 0 Å². The topological polar surface area (TPSA) is 36.3 Å². The lowest BCUT2D eigenvalue weighted by Crippen LogP contribution is -2.53. The van der Waals surface area contributed by atoms with E-state index in [9.17, 15) is 4.39 Å². The molecule has 1 aromatic carbocycles. The third-order valence-corrected chi connectivity index (χ3v) is 5.17. The van der Waals surface area contributed by atoms with Crippen LogP contribution < -0.4 is 5.32 Å². The molecule has 26 heavy (non-hydrogen) atoms. The van der Waals surface area contributed by atoms with Crippen LogP contribution in [0.15, 0.2) is 36.7 Å². The van der Waals surface area contributed by atoms with Gasteiger partial charge in [-0.15, -0.1) is 0 Å². The van der Waals surface area contributed by atoms with Gasteiger partial charge in [-0.2, -0.15) is 5.10 Å². The predicted molar refractivity (Wildman–Crippen MR) is 103 cm³/mol. The lowest BCUT2D eigenvalue weighted by Gasteiger charge is -2.40. The summed E-state index contributed by atoms with van der Waals surface area (Å²) < 4.78 is 15.1. The quantitative estimate of drug-likeness (QED) is 0.823. The van der Waals surface area contributed by atoms with Crippen LogP contribution >= 0.6 is 0 Å². The number of rotatable bonds is 7. The summed E-state index contributed by atoms with van der Waals surface area (Å²) in [7, 11) is 2.19. The fraction of sp³-hybridized carbons (Fsp3) is 0.550. The molecule has 6 heteroatoms. The van der Waals surface area contributed by atoms with Crippen molar-refractivity contribution >= 4 is 0 Å². The van der Waals surface area contributed by atoms with E-state index in [1.807, 2.05) is 18.5 Å². The molecular weight excluding hydrogens is 329 g/mol. The molecule has 5 nitrogen and oxygen atoms in total. The van der Waals surface area contributed by atoms with E-state index in [-0.39, 0.29) is 5.82 Å². The minimum Gasteiger partial charge on any atom is -0.311 e. The summed E-state index contributed by atoms with van der Waals surface area (Å²) in [6.45, 7) is 10.9. The highest BCUT2D eigenvalue weighted by Crippen LogP contribution is 2.14. The van der Waals surface area contributed by atoms with Gasteiger partial charge in [-0.05, 0) is 31.2 Å². The molecule has 1 N–H and O–H groups in total. The zero-order valence-corrected chi connectivity index (χ0v) is 16.0. The Labute approximate surface area is 155 Å². The summed E-state index contributed by atoms with van der Waals surface area (Å²) in [5.74, 6) is 0.366. The lowest BCUT2D eigenvalue weighted by molar-refractivity contribution is 0.0875. The summed E-state index contributed by atoms with van der Waals surface area (Å²) in [5, 5.41) is 7.94. The number of halogens is 1. The molecule has 2 aromatic rings. The summed E-state index contributed by atoms with van der Waals surface area (Å²) >= 11 is 0. The van der Waals surface area contributed by atoms with Crippen molar-refractivity contribution in [3.8, 4) is 5.69 Å². The van der Waals surface area contributed by atoms with Crippen molar-refractivity contribution in [1.29, 1.82) is 0 Å². The van der Waals surface area contributed by atoms with Gasteiger partial charge in [0.2, 0.25) is 0 Å². The van der Waals surface area contributed by atoms with Crippen LogP contribution in [0.2, 0.25) is 0 Å². The maximum absolute atomic E-state index is 13.4. The smallest absolute Gasteiger partial charge is 0.125 e. The summed E-state index contributed by atoms with van der Waals surface area (Å²) in [4.78, 5) is 5.00. The van der Waals surface area contributed by atoms with Gasteiger partial charge in [0.05, 0.1) is 11.9 Å². The van der Waals surface area contributed by atoms with Gasteiger partial charge in [-0.3, -0.25) is 4.90 Å². The molecule has 1 aliphatic heterocycles. The minimum absolute atomic E-state index is 0.246. The number of hydrogen-bond donors (Lipinski definition) is 1. The largest absolute Gasteiger partial charge is 0.311 e. The molecule has 0 aliphatic carbocycles. The molecule has 0 spiro atoms. The van der Waals surface area contributed by atoms with Crippen molar-refractivity contribution < 1.29 is 4.39 Å². The molecule has 0 saturated carbocycles. The highest BCUT2D eigenvalue weighted by molar-refractivity contribution is 5.31. The first-order valence-corrected chi connectivity index (χ1v) is 9.45. The molecule has 1 aliphatic rings. The zero-order chi connectivity index (χ0) is 18.5. The van der Waals surface area contributed by atoms with Crippen molar-refractivity contribution in [2.45, 2.75) is 26.4 Å². The average Bonchev–Trinajstić information content (AvgIpc) is 3.08. The summed E-state index contributed by atoms with van der Waals surface area (Å²) in [6.07, 6.45) is 3.81. The Bertz CT molecular complexity index is 691. The number of nitrogens with one attached hydrogen (secondary N) is 1. The zero-order valence-electron chi connectivity index (χ0n) is 16.0. The van der Waals surface area contributed by atoms with Crippen molar-refractivity contribution in [1.82, 2.24) is 24.9 Å². The molecular formula is C20H30FN5. The summed E-state index contributed by atoms with van der Waals surface area (Å²) in [6, 6.07) is 7.04. The molecule has 1 atom stereocenters. The molecule has 3 rings (SSSR count). The van der Waals surface area contributed by atoms with E-state index in [0.717, 1.165) is 50.5 Å². The lowest BCUT2D eigenvalue weighted by atomic mass is 10.0. The summed E-state index contributed by atoms with van der Waals surface area (Å²) in [5.41, 5.74) is 1.85. The van der Waals surface area contributed by atoms with Crippen LogP contribution in [0.25, 0.3) is 5.69 Å². The van der Waals surface area contributed by atoms with Gasteiger partial charge < -0.3 is 10.2 Å². The SMILES string of the molecule is CC(C)C(CNCc1cnn(-c2cccc(F)c2)c1)N1CCN(C)CC1. The number of hydrogen-bond acceptors (Lipinski definition) is 4. The van der Waals surface area contributed by atoms with Gasteiger partial charge in [0, 0.05) is 57.1 Å². The Morgan fingerprint density at radius 3 is 2.65 bits per heavy atom. The van der Waals surface area contributed by atoms with Crippen LogP contribution in [0.1, 0.15) is 19.4 Å². The maximum atomic E-state index is 13.4. The van der Waals surface area contributed by atoms with E-state index in [1.165, 1.54) is 12.1 Å². The van der Waals surface area contributed by atoms with Crippen LogP contribution in [0.3, 0.4) is 0 Å². The Morgan fingerprint density at radius 2 is 1.96 bits per heavy atom. The van der Waals surface area contributed by atoms with E-state index in [2.05, 4.69) is 41.1 Å². The average molecular weight is 359 g/mol. The molecule has 1 saturated heterocycles. The third-order valence-electron chi connectivity index (χ3n) is 5.17. The van der Waals surface area contributed by atoms with Gasteiger partial charge in [0.1, 0.15) is 5.82 Å². The first kappa shape index (κ1) is 19.0. The number of benzene rings is 1. The molecule has 1 unspecified atom stereocenters. The Kier molecular flexibility index (Phi) is 6.40. The molecule has 2 heterocycles. The van der Waals surface area contributed by atoms with Gasteiger partial charge in [-0.1, -0.05) is 19.9 Å². The van der Waals surface area contributed by atoms with E-state index in [0.29, 0.717) is 12.0 Å². The first-order valence-electron chi connectivity index (χ1n) is 9.45. The molecule has 0 amide bonds. The molecule has 1 fully saturated rings. The van der Waals surface area contributed by atoms with Crippen LogP contribution in [-0.2, 0) is 6.54 Å². The van der Waals surface area contributed by atoms with E-state index < -0.39 is 0 Å². The van der Waals surface area contributed by atoms with Gasteiger partial charge >= 0.3 is 0 Å². The van der Waals surface area contributed by atoms with Gasteiger partial charge in [-0.25, -0.2) is 9.07 Å². The van der Waals surface area contributed by atoms with Crippen molar-refractivity contribution in [2.75, 3.05) is 39.8 Å². The Hall–Kier alpha value is -1.76. The molecule has 142 valence electrons. The first-order chi connectivity index (χ1) is 12.5. The monoisotopic (exact) mass is 359 g/mol. The van der Waals surface area contributed by atoms with Crippen molar-refractivity contribution in [3.05, 3.63) is 48.0 Å². The molecule has 1 aromatic heterocycles.